The molecule has 0 aromatic rings. The van der Waals surface area contributed by atoms with Gasteiger partial charge in [-0.3, -0.25) is 0 Å². The second-order valence-electron chi connectivity index (χ2n) is 2.67. The zero-order chi connectivity index (χ0) is 8.10. The molecule has 0 aliphatic carbocycles. The Hall–Kier alpha value is -0.440. The molecule has 0 amide bonds. The molecule has 62 valence electrons. The Morgan fingerprint density at radius 2 is 2.73 bits per heavy atom. The normalized spacial score (nSPS) is 27.4. The lowest BCUT2D eigenvalue weighted by atomic mass is 10.1. The molecular formula is C8H14N2S. The van der Waals surface area contributed by atoms with Crippen molar-refractivity contribution in [3.05, 3.63) is 12.7 Å². The van der Waals surface area contributed by atoms with Gasteiger partial charge in [0.25, 0.3) is 0 Å². The maximum atomic E-state index is 4.27. The molecule has 1 aliphatic rings. The Morgan fingerprint density at radius 1 is 1.91 bits per heavy atom. The fourth-order valence-electron chi connectivity index (χ4n) is 0.933. The van der Waals surface area contributed by atoms with Gasteiger partial charge >= 0.3 is 0 Å². The van der Waals surface area contributed by atoms with Crippen molar-refractivity contribution in [3.63, 3.8) is 0 Å². The molecule has 0 radical (unpaired) electrons. The van der Waals surface area contributed by atoms with Crippen molar-refractivity contribution in [2.24, 2.45) is 11.0 Å². The molecule has 1 rings (SSSR count). The van der Waals surface area contributed by atoms with E-state index in [1.54, 1.807) is 0 Å². The van der Waals surface area contributed by atoms with Crippen LogP contribution in [0.25, 0.3) is 0 Å². The van der Waals surface area contributed by atoms with Crippen LogP contribution >= 0.6 is 11.8 Å². The monoisotopic (exact) mass is 170 g/mol. The van der Waals surface area contributed by atoms with Gasteiger partial charge in [-0.05, 0) is 0 Å². The molecule has 0 saturated carbocycles. The Morgan fingerprint density at radius 3 is 3.27 bits per heavy atom. The highest BCUT2D eigenvalue weighted by Gasteiger charge is 2.17. The van der Waals surface area contributed by atoms with E-state index in [0.29, 0.717) is 5.92 Å². The number of nitrogens with one attached hydrogen (secondary N) is 1. The highest BCUT2D eigenvalue weighted by Crippen LogP contribution is 2.20. The summed E-state index contributed by atoms with van der Waals surface area (Å²) in [6, 6.07) is 0. The SMILES string of the molecule is C=CCN/N=C1\CSCC1C. The van der Waals surface area contributed by atoms with Gasteiger partial charge in [-0.15, -0.1) is 6.58 Å². The molecular weight excluding hydrogens is 156 g/mol. The molecule has 3 heteroatoms. The van der Waals surface area contributed by atoms with Crippen molar-refractivity contribution in [2.75, 3.05) is 18.1 Å². The summed E-state index contributed by atoms with van der Waals surface area (Å²) in [7, 11) is 0. The average molecular weight is 170 g/mol. The second kappa shape index (κ2) is 4.44. The van der Waals surface area contributed by atoms with Crippen LogP contribution in [0.1, 0.15) is 6.92 Å². The lowest BCUT2D eigenvalue weighted by Crippen LogP contribution is -2.14. The first-order valence-electron chi connectivity index (χ1n) is 3.82. The van der Waals surface area contributed by atoms with Crippen molar-refractivity contribution in [1.29, 1.82) is 0 Å². The van der Waals surface area contributed by atoms with E-state index >= 15 is 0 Å². The molecule has 1 aliphatic heterocycles. The summed E-state index contributed by atoms with van der Waals surface area (Å²) in [5.74, 6) is 2.96. The van der Waals surface area contributed by atoms with Crippen molar-refractivity contribution >= 4 is 17.5 Å². The predicted octanol–water partition coefficient (Wildman–Crippen LogP) is 1.50. The van der Waals surface area contributed by atoms with Crippen LogP contribution < -0.4 is 5.43 Å². The first-order valence-corrected chi connectivity index (χ1v) is 4.98. The Balaban J connectivity index is 2.32. The minimum atomic E-state index is 0.650. The van der Waals surface area contributed by atoms with Crippen LogP contribution in [-0.4, -0.2) is 23.8 Å². The molecule has 1 fully saturated rings. The van der Waals surface area contributed by atoms with Crippen LogP contribution in [0.4, 0.5) is 0 Å². The molecule has 1 N–H and O–H groups in total. The molecule has 11 heavy (non-hydrogen) atoms. The van der Waals surface area contributed by atoms with E-state index in [2.05, 4.69) is 24.0 Å². The Bertz CT molecular complexity index is 165. The fraction of sp³-hybridized carbons (Fsp3) is 0.625. The summed E-state index contributed by atoms with van der Waals surface area (Å²) in [5.41, 5.74) is 4.25. The third kappa shape index (κ3) is 2.58. The van der Waals surface area contributed by atoms with E-state index in [9.17, 15) is 0 Å². The van der Waals surface area contributed by atoms with Gasteiger partial charge < -0.3 is 5.43 Å². The molecule has 0 spiro atoms. The third-order valence-corrected chi connectivity index (χ3v) is 2.88. The first kappa shape index (κ1) is 8.65. The van der Waals surface area contributed by atoms with Crippen LogP contribution in [0.3, 0.4) is 0 Å². The van der Waals surface area contributed by atoms with Crippen LogP contribution in [-0.2, 0) is 0 Å². The van der Waals surface area contributed by atoms with E-state index in [0.717, 1.165) is 12.3 Å². The number of rotatable bonds is 3. The van der Waals surface area contributed by atoms with Crippen LogP contribution in [0.2, 0.25) is 0 Å². The van der Waals surface area contributed by atoms with Gasteiger partial charge in [0.05, 0.1) is 12.3 Å². The molecule has 0 aromatic carbocycles. The summed E-state index contributed by atoms with van der Waals surface area (Å²) in [4.78, 5) is 0. The molecule has 2 nitrogen and oxygen atoms in total. The number of thioether (sulfide) groups is 1. The van der Waals surface area contributed by atoms with Gasteiger partial charge in [-0.1, -0.05) is 13.0 Å². The van der Waals surface area contributed by atoms with E-state index in [1.165, 1.54) is 11.5 Å². The lowest BCUT2D eigenvalue weighted by Gasteiger charge is -2.01. The zero-order valence-corrected chi connectivity index (χ0v) is 7.66. The van der Waals surface area contributed by atoms with E-state index < -0.39 is 0 Å². The highest BCUT2D eigenvalue weighted by atomic mass is 32.2. The van der Waals surface area contributed by atoms with Crippen molar-refractivity contribution < 1.29 is 0 Å². The minimum Gasteiger partial charge on any atom is -0.306 e. The summed E-state index contributed by atoms with van der Waals surface area (Å²) in [5, 5.41) is 4.27. The number of hydrogen-bond donors (Lipinski definition) is 1. The maximum absolute atomic E-state index is 4.27. The smallest absolute Gasteiger partial charge is 0.0513 e. The fourth-order valence-corrected chi connectivity index (χ4v) is 2.15. The van der Waals surface area contributed by atoms with Gasteiger partial charge in [0.15, 0.2) is 0 Å². The van der Waals surface area contributed by atoms with E-state index in [1.807, 2.05) is 17.8 Å². The Labute approximate surface area is 72.1 Å². The summed E-state index contributed by atoms with van der Waals surface area (Å²) in [6.07, 6.45) is 1.82. The first-order chi connectivity index (χ1) is 5.34. The molecule has 1 unspecified atom stereocenters. The van der Waals surface area contributed by atoms with Crippen LogP contribution in [0, 0.1) is 5.92 Å². The topological polar surface area (TPSA) is 24.4 Å². The lowest BCUT2D eigenvalue weighted by molar-refractivity contribution is 0.797. The summed E-state index contributed by atoms with van der Waals surface area (Å²) < 4.78 is 0. The van der Waals surface area contributed by atoms with Gasteiger partial charge in [-0.25, -0.2) is 0 Å². The van der Waals surface area contributed by atoms with Crippen molar-refractivity contribution in [1.82, 2.24) is 5.43 Å². The molecule has 1 heterocycles. The van der Waals surface area contributed by atoms with E-state index in [-0.39, 0.29) is 0 Å². The maximum Gasteiger partial charge on any atom is 0.0513 e. The number of hydrogen-bond acceptors (Lipinski definition) is 3. The van der Waals surface area contributed by atoms with Crippen molar-refractivity contribution in [3.8, 4) is 0 Å². The van der Waals surface area contributed by atoms with Gasteiger partial charge in [0, 0.05) is 17.4 Å². The molecule has 0 aromatic heterocycles. The van der Waals surface area contributed by atoms with Gasteiger partial charge in [0.2, 0.25) is 0 Å². The van der Waals surface area contributed by atoms with Crippen LogP contribution in [0.15, 0.2) is 17.8 Å². The summed E-state index contributed by atoms with van der Waals surface area (Å²) in [6.45, 7) is 6.59. The average Bonchev–Trinajstić information content (AvgIpc) is 2.37. The highest BCUT2D eigenvalue weighted by molar-refractivity contribution is 8.00. The number of hydrazone groups is 1. The van der Waals surface area contributed by atoms with Crippen molar-refractivity contribution in [2.45, 2.75) is 6.92 Å². The quantitative estimate of drug-likeness (QED) is 0.394. The Kier molecular flexibility index (Phi) is 3.49. The standard InChI is InChI=1S/C8H14N2S/c1-3-4-9-10-8-6-11-5-7(8)2/h3,7,9H,1,4-6H2,2H3/b10-8+. The van der Waals surface area contributed by atoms with Crippen LogP contribution in [0.5, 0.6) is 0 Å². The minimum absolute atomic E-state index is 0.650. The summed E-state index contributed by atoms with van der Waals surface area (Å²) >= 11 is 1.95. The van der Waals surface area contributed by atoms with E-state index in [4.69, 9.17) is 0 Å². The largest absolute Gasteiger partial charge is 0.306 e. The zero-order valence-electron chi connectivity index (χ0n) is 6.84. The third-order valence-electron chi connectivity index (χ3n) is 1.64. The van der Waals surface area contributed by atoms with Gasteiger partial charge in [-0.2, -0.15) is 16.9 Å². The second-order valence-corrected chi connectivity index (χ2v) is 3.70. The molecule has 1 saturated heterocycles. The predicted molar refractivity (Wildman–Crippen MR) is 52.1 cm³/mol. The molecule has 1 atom stereocenters. The number of nitrogens with zero attached hydrogens (tertiary/aromatic N) is 1. The molecule has 0 bridgehead atoms. The van der Waals surface area contributed by atoms with Gasteiger partial charge in [0.1, 0.15) is 0 Å².